The average Bonchev–Trinajstić information content (AvgIpc) is 2.84. The van der Waals surface area contributed by atoms with Crippen LogP contribution in [0.5, 0.6) is 0 Å². The van der Waals surface area contributed by atoms with Gasteiger partial charge in [0.25, 0.3) is 5.69 Å². The van der Waals surface area contributed by atoms with Crippen molar-refractivity contribution in [2.75, 3.05) is 0 Å². The molecule has 0 fully saturated rings. The number of aryl methyl sites for hydroxylation is 1. The fourth-order valence-corrected chi connectivity index (χ4v) is 2.20. The number of hydrogen-bond donors (Lipinski definition) is 2. The summed E-state index contributed by atoms with van der Waals surface area (Å²) in [5.74, 6) is -0.543. The molecule has 1 aromatic carbocycles. The largest absolute Gasteiger partial charge is 0.477 e. The maximum absolute atomic E-state index is 11.2. The number of non-ortho nitro benzene ring substituents is 1. The smallest absolute Gasteiger partial charge is 0.342 e. The van der Waals surface area contributed by atoms with Gasteiger partial charge in [0.1, 0.15) is 10.7 Å². The van der Waals surface area contributed by atoms with Crippen LogP contribution in [-0.4, -0.2) is 31.2 Å². The van der Waals surface area contributed by atoms with E-state index in [0.29, 0.717) is 16.5 Å². The summed E-state index contributed by atoms with van der Waals surface area (Å²) >= 11 is 0.897. The van der Waals surface area contributed by atoms with Crippen LogP contribution in [0.3, 0.4) is 0 Å². The second-order valence-corrected chi connectivity index (χ2v) is 4.98. The van der Waals surface area contributed by atoms with Crippen LogP contribution < -0.4 is 0 Å². The van der Waals surface area contributed by atoms with Crippen LogP contribution in [0.25, 0.3) is 6.08 Å². The summed E-state index contributed by atoms with van der Waals surface area (Å²) in [6.07, 6.45) is 1.41. The van der Waals surface area contributed by atoms with Crippen LogP contribution in [-0.2, 0) is 4.79 Å². The molecule has 0 aliphatic carbocycles. The Kier molecular flexibility index (Phi) is 4.33. The molecule has 0 atom stereocenters. The van der Waals surface area contributed by atoms with Gasteiger partial charge in [-0.15, -0.1) is 5.10 Å². The molecule has 2 aromatic rings. The van der Waals surface area contributed by atoms with Crippen LogP contribution in [0, 0.1) is 17.0 Å². The number of nitrogens with one attached hydrogen (secondary N) is 1. The number of nitrogens with zero attached hydrogens (tertiary/aromatic N) is 3. The molecule has 0 unspecified atom stereocenters. The lowest BCUT2D eigenvalue weighted by molar-refractivity contribution is -0.384. The number of nitro groups is 1. The average molecular weight is 306 g/mol. The van der Waals surface area contributed by atoms with Crippen molar-refractivity contribution < 1.29 is 14.8 Å². The van der Waals surface area contributed by atoms with E-state index in [1.165, 1.54) is 30.3 Å². The van der Waals surface area contributed by atoms with Gasteiger partial charge in [-0.3, -0.25) is 15.2 Å². The van der Waals surface area contributed by atoms with E-state index in [4.69, 9.17) is 0 Å². The minimum Gasteiger partial charge on any atom is -0.477 e. The first-order valence-corrected chi connectivity index (χ1v) is 6.53. The summed E-state index contributed by atoms with van der Waals surface area (Å²) in [7, 11) is 0. The van der Waals surface area contributed by atoms with Gasteiger partial charge >= 0.3 is 5.97 Å². The fraction of sp³-hybridized carbons (Fsp3) is 0.0833. The standard InChI is InChI=1S/C12H10N4O4S/c1-7-13-12(15-14-7)21-10(11(17)18)6-8-2-4-9(5-3-8)16(19)20/h2-6H,1H3,(H,17,18)(H,13,14,15)/b10-6-. The van der Waals surface area contributed by atoms with Gasteiger partial charge in [-0.25, -0.2) is 9.78 Å². The number of carbonyl (C=O) groups is 1. The van der Waals surface area contributed by atoms with Crippen molar-refractivity contribution in [2.45, 2.75) is 12.1 Å². The van der Waals surface area contributed by atoms with E-state index in [1.807, 2.05) is 0 Å². The lowest BCUT2D eigenvalue weighted by Crippen LogP contribution is -1.97. The highest BCUT2D eigenvalue weighted by molar-refractivity contribution is 8.04. The Bertz CT molecular complexity index is 708. The minimum atomic E-state index is -1.12. The molecule has 2 N–H and O–H groups in total. The topological polar surface area (TPSA) is 122 Å². The third-order valence-electron chi connectivity index (χ3n) is 2.39. The van der Waals surface area contributed by atoms with Gasteiger partial charge in [0.15, 0.2) is 0 Å². The molecular weight excluding hydrogens is 296 g/mol. The number of rotatable bonds is 5. The zero-order valence-corrected chi connectivity index (χ0v) is 11.6. The SMILES string of the molecule is Cc1nc(S/C(=C\c2ccc([N+](=O)[O-])cc2)C(=O)O)n[nH]1. The predicted molar refractivity (Wildman–Crippen MR) is 75.7 cm³/mol. The van der Waals surface area contributed by atoms with Crippen molar-refractivity contribution in [3.05, 3.63) is 50.7 Å². The van der Waals surface area contributed by atoms with Gasteiger partial charge in [-0.1, -0.05) is 0 Å². The molecule has 2 rings (SSSR count). The molecule has 0 aliphatic heterocycles. The zero-order valence-electron chi connectivity index (χ0n) is 10.8. The Labute approximate surface area is 123 Å². The number of aliphatic carboxylic acids is 1. The maximum Gasteiger partial charge on any atom is 0.342 e. The first-order valence-electron chi connectivity index (χ1n) is 5.72. The van der Waals surface area contributed by atoms with E-state index in [0.717, 1.165) is 11.8 Å². The number of aromatic nitrogens is 3. The molecule has 0 spiro atoms. The Balaban J connectivity index is 2.24. The highest BCUT2D eigenvalue weighted by atomic mass is 32.2. The summed E-state index contributed by atoms with van der Waals surface area (Å²) < 4.78 is 0. The molecule has 0 amide bonds. The van der Waals surface area contributed by atoms with Gasteiger partial charge in [-0.05, 0) is 42.5 Å². The van der Waals surface area contributed by atoms with Crippen LogP contribution in [0.2, 0.25) is 0 Å². The highest BCUT2D eigenvalue weighted by Gasteiger charge is 2.13. The lowest BCUT2D eigenvalue weighted by atomic mass is 10.2. The Hall–Kier alpha value is -2.68. The van der Waals surface area contributed by atoms with E-state index >= 15 is 0 Å². The summed E-state index contributed by atoms with van der Waals surface area (Å²) in [5, 5.41) is 26.5. The number of hydrogen-bond acceptors (Lipinski definition) is 6. The number of thioether (sulfide) groups is 1. The second-order valence-electron chi connectivity index (χ2n) is 3.97. The molecule has 0 aliphatic rings. The third kappa shape index (κ3) is 3.89. The van der Waals surface area contributed by atoms with E-state index in [9.17, 15) is 20.0 Å². The molecule has 8 nitrogen and oxygen atoms in total. The predicted octanol–water partition coefficient (Wildman–Crippen LogP) is 2.24. The normalized spacial score (nSPS) is 11.4. The van der Waals surface area contributed by atoms with Crippen LogP contribution in [0.1, 0.15) is 11.4 Å². The summed E-state index contributed by atoms with van der Waals surface area (Å²) in [6, 6.07) is 5.58. The van der Waals surface area contributed by atoms with Crippen LogP contribution in [0.15, 0.2) is 34.3 Å². The number of nitro benzene ring substituents is 1. The van der Waals surface area contributed by atoms with Gasteiger partial charge in [0.05, 0.1) is 4.92 Å². The van der Waals surface area contributed by atoms with E-state index < -0.39 is 10.9 Å². The molecule has 9 heteroatoms. The Morgan fingerprint density at radius 1 is 1.43 bits per heavy atom. The highest BCUT2D eigenvalue weighted by Crippen LogP contribution is 2.26. The zero-order chi connectivity index (χ0) is 15.4. The number of carboxylic acids is 1. The third-order valence-corrected chi connectivity index (χ3v) is 3.27. The first-order chi connectivity index (χ1) is 9.95. The van der Waals surface area contributed by atoms with E-state index in [1.54, 1.807) is 6.92 Å². The van der Waals surface area contributed by atoms with Gasteiger partial charge in [-0.2, -0.15) is 0 Å². The van der Waals surface area contributed by atoms with Crippen molar-refractivity contribution in [1.82, 2.24) is 15.2 Å². The fourth-order valence-electron chi connectivity index (χ4n) is 1.44. The Morgan fingerprint density at radius 3 is 2.57 bits per heavy atom. The second kappa shape index (κ2) is 6.18. The molecule has 0 saturated heterocycles. The van der Waals surface area contributed by atoms with Crippen molar-refractivity contribution >= 4 is 29.5 Å². The van der Waals surface area contributed by atoms with Crippen molar-refractivity contribution in [3.63, 3.8) is 0 Å². The van der Waals surface area contributed by atoms with Crippen molar-refractivity contribution in [2.24, 2.45) is 0 Å². The number of H-pyrrole nitrogens is 1. The monoisotopic (exact) mass is 306 g/mol. The van der Waals surface area contributed by atoms with Gasteiger partial charge in [0, 0.05) is 12.1 Å². The minimum absolute atomic E-state index is 0.0165. The van der Waals surface area contributed by atoms with Crippen LogP contribution >= 0.6 is 11.8 Å². The van der Waals surface area contributed by atoms with Crippen LogP contribution in [0.4, 0.5) is 5.69 Å². The first kappa shape index (κ1) is 14.7. The van der Waals surface area contributed by atoms with E-state index in [2.05, 4.69) is 15.2 Å². The molecule has 0 bridgehead atoms. The number of carboxylic acid groups (broad SMARTS) is 1. The molecule has 0 saturated carbocycles. The molecular formula is C12H10N4O4S. The maximum atomic E-state index is 11.2. The van der Waals surface area contributed by atoms with Gasteiger partial charge in [0.2, 0.25) is 5.16 Å². The Morgan fingerprint density at radius 2 is 2.10 bits per heavy atom. The lowest BCUT2D eigenvalue weighted by Gasteiger charge is -1.99. The summed E-state index contributed by atoms with van der Waals surface area (Å²) in [4.78, 5) is 25.3. The van der Waals surface area contributed by atoms with E-state index in [-0.39, 0.29) is 10.6 Å². The number of aromatic amines is 1. The quantitative estimate of drug-likeness (QED) is 0.376. The molecule has 1 heterocycles. The van der Waals surface area contributed by atoms with Gasteiger partial charge < -0.3 is 5.11 Å². The number of benzene rings is 1. The van der Waals surface area contributed by atoms with Crippen molar-refractivity contribution in [3.8, 4) is 0 Å². The summed E-state index contributed by atoms with van der Waals surface area (Å²) in [5.41, 5.74) is 0.485. The van der Waals surface area contributed by atoms with Crippen molar-refractivity contribution in [1.29, 1.82) is 0 Å². The molecule has 21 heavy (non-hydrogen) atoms. The molecule has 108 valence electrons. The molecule has 1 aromatic heterocycles. The molecule has 0 radical (unpaired) electrons. The summed E-state index contributed by atoms with van der Waals surface area (Å²) in [6.45, 7) is 1.71.